The van der Waals surface area contributed by atoms with Crippen LogP contribution < -0.4 is 15.1 Å². The van der Waals surface area contributed by atoms with E-state index in [0.29, 0.717) is 31.4 Å². The largest absolute Gasteiger partial charge is 0.381 e. The van der Waals surface area contributed by atoms with Crippen LogP contribution in [0, 0.1) is 28.6 Å². The molecule has 0 radical (unpaired) electrons. The third-order valence-corrected chi connectivity index (χ3v) is 13.4. The standard InChI is InChI=1S/C37H51N5O4/c1-35(17-7-18-35)23-38-34(45)37(3,26-15-20-46-21-16-26)25-10-12-27(13-11-25)42(5)29-22-36(29,2)30(24-8-6-9-24)31(33(42)44)40-32(43)28-14-19-39-41(28)4/h10-14,19,24,26,29-31H,6-9,15-18,20-23H2,1-5H3,(H-,38,40,43,45)/p+1/t29?,30?,31-,36?,37?,42?/m0/s1. The molecule has 5 fully saturated rings. The summed E-state index contributed by atoms with van der Waals surface area (Å²) in [4.78, 5) is 42.4. The SMILES string of the molecule is Cn1nccc1C(=O)N[C@@H]1C(=O)[N+](C)(c2ccc(C(C)(C(=O)NCC3(C)CCC3)C3CCOCC3)cc2)C2CC2(C)C1C1CCC1. The minimum atomic E-state index is -0.698. The zero-order valence-electron chi connectivity index (χ0n) is 28.3. The number of hydrogen-bond donors (Lipinski definition) is 2. The molecule has 9 heteroatoms. The zero-order valence-corrected chi connectivity index (χ0v) is 28.3. The Hall–Kier alpha value is -3.04. The van der Waals surface area contributed by atoms with Crippen LogP contribution in [0.1, 0.15) is 94.6 Å². The summed E-state index contributed by atoms with van der Waals surface area (Å²) in [5.74, 6) is 0.641. The van der Waals surface area contributed by atoms with Crippen molar-refractivity contribution in [1.29, 1.82) is 0 Å². The Kier molecular flexibility index (Phi) is 7.75. The monoisotopic (exact) mass is 630 g/mol. The summed E-state index contributed by atoms with van der Waals surface area (Å²) in [6, 6.07) is 9.62. The van der Waals surface area contributed by atoms with Crippen molar-refractivity contribution in [3.63, 3.8) is 0 Å². The van der Waals surface area contributed by atoms with Gasteiger partial charge in [0.1, 0.15) is 23.5 Å². The fourth-order valence-electron chi connectivity index (χ4n) is 9.72. The maximum Gasteiger partial charge on any atom is 0.341 e. The Bertz CT molecular complexity index is 1510. The van der Waals surface area contributed by atoms with Crippen LogP contribution in [0.5, 0.6) is 0 Å². The first-order chi connectivity index (χ1) is 21.9. The molecule has 3 heterocycles. The topological polar surface area (TPSA) is 102 Å². The van der Waals surface area contributed by atoms with Crippen LogP contribution in [-0.2, 0) is 26.8 Å². The van der Waals surface area contributed by atoms with Crippen molar-refractivity contribution >= 4 is 23.4 Å². The molecular weight excluding hydrogens is 578 g/mol. The molecule has 2 aromatic rings. The number of likely N-dealkylation sites (tertiary alicyclic amines) is 1. The molecule has 2 N–H and O–H groups in total. The zero-order chi connectivity index (χ0) is 32.5. The Morgan fingerprint density at radius 2 is 1.76 bits per heavy atom. The van der Waals surface area contributed by atoms with E-state index in [0.717, 1.165) is 56.2 Å². The molecule has 46 heavy (non-hydrogen) atoms. The fourth-order valence-corrected chi connectivity index (χ4v) is 9.72. The molecule has 1 aromatic carbocycles. The van der Waals surface area contributed by atoms with Gasteiger partial charge in [-0.15, -0.1) is 0 Å². The smallest absolute Gasteiger partial charge is 0.341 e. The van der Waals surface area contributed by atoms with Gasteiger partial charge in [-0.3, -0.25) is 14.3 Å². The molecule has 7 rings (SSSR count). The summed E-state index contributed by atoms with van der Waals surface area (Å²) in [6.07, 6.45) is 11.2. The predicted octanol–water partition coefficient (Wildman–Crippen LogP) is 4.88. The first kappa shape index (κ1) is 31.6. The highest BCUT2D eigenvalue weighted by atomic mass is 16.5. The van der Waals surface area contributed by atoms with E-state index in [1.807, 2.05) is 7.05 Å². The Balaban J connectivity index is 1.20. The van der Waals surface area contributed by atoms with Crippen LogP contribution >= 0.6 is 0 Å². The molecule has 5 unspecified atom stereocenters. The van der Waals surface area contributed by atoms with Crippen molar-refractivity contribution in [2.75, 3.05) is 26.8 Å². The molecule has 1 aromatic heterocycles. The second-order valence-corrected chi connectivity index (χ2v) is 16.1. The normalized spacial score (nSPS) is 33.6. The van der Waals surface area contributed by atoms with Crippen molar-refractivity contribution in [2.24, 2.45) is 35.6 Å². The van der Waals surface area contributed by atoms with Gasteiger partial charge >= 0.3 is 5.91 Å². The van der Waals surface area contributed by atoms with E-state index in [4.69, 9.17) is 4.74 Å². The van der Waals surface area contributed by atoms with Crippen LogP contribution in [0.2, 0.25) is 0 Å². The van der Waals surface area contributed by atoms with E-state index in [1.54, 1.807) is 24.0 Å². The maximum absolute atomic E-state index is 14.8. The van der Waals surface area contributed by atoms with Gasteiger partial charge in [-0.1, -0.05) is 51.7 Å². The van der Waals surface area contributed by atoms with Gasteiger partial charge in [0, 0.05) is 50.8 Å². The number of ether oxygens (including phenoxy) is 1. The summed E-state index contributed by atoms with van der Waals surface area (Å²) in [5, 5.41) is 10.8. The number of fused-ring (bicyclic) bond motifs is 1. The average Bonchev–Trinajstić information content (AvgIpc) is 3.55. The number of nitrogens with one attached hydrogen (secondary N) is 2. The van der Waals surface area contributed by atoms with Gasteiger partial charge in [0.15, 0.2) is 0 Å². The Labute approximate surface area is 273 Å². The summed E-state index contributed by atoms with van der Waals surface area (Å²) < 4.78 is 7.42. The molecule has 3 aliphatic carbocycles. The lowest BCUT2D eigenvalue weighted by molar-refractivity contribution is -0.140. The number of amides is 3. The van der Waals surface area contributed by atoms with E-state index in [-0.39, 0.29) is 50.9 Å². The predicted molar refractivity (Wildman–Crippen MR) is 177 cm³/mol. The van der Waals surface area contributed by atoms with Crippen molar-refractivity contribution in [1.82, 2.24) is 24.9 Å². The van der Waals surface area contributed by atoms with Gasteiger partial charge in [0.25, 0.3) is 5.91 Å². The van der Waals surface area contributed by atoms with Crippen LogP contribution in [0.25, 0.3) is 0 Å². The van der Waals surface area contributed by atoms with Crippen molar-refractivity contribution in [2.45, 2.75) is 96.1 Å². The van der Waals surface area contributed by atoms with Gasteiger partial charge in [-0.05, 0) is 73.6 Å². The molecule has 2 saturated heterocycles. The number of carbonyl (C=O) groups is 3. The van der Waals surface area contributed by atoms with Crippen LogP contribution in [-0.4, -0.2) is 66.4 Å². The second kappa shape index (κ2) is 11.3. The first-order valence-corrected chi connectivity index (χ1v) is 17.6. The molecule has 2 aliphatic heterocycles. The van der Waals surface area contributed by atoms with Crippen LogP contribution in [0.15, 0.2) is 36.5 Å². The van der Waals surface area contributed by atoms with E-state index in [2.05, 4.69) is 60.8 Å². The molecule has 0 spiro atoms. The van der Waals surface area contributed by atoms with Crippen molar-refractivity contribution in [3.05, 3.63) is 47.8 Å². The summed E-state index contributed by atoms with van der Waals surface area (Å²) >= 11 is 0. The highest BCUT2D eigenvalue weighted by Crippen LogP contribution is 2.66. The Morgan fingerprint density at radius 3 is 2.33 bits per heavy atom. The number of aryl methyl sites for hydroxylation is 1. The molecule has 9 nitrogen and oxygen atoms in total. The van der Waals surface area contributed by atoms with Gasteiger partial charge < -0.3 is 15.4 Å². The molecule has 3 amide bonds. The van der Waals surface area contributed by atoms with Crippen LogP contribution in [0.4, 0.5) is 5.69 Å². The third kappa shape index (κ3) is 4.86. The molecule has 5 aliphatic rings. The highest BCUT2D eigenvalue weighted by molar-refractivity contribution is 6.01. The number of piperidine rings is 1. The van der Waals surface area contributed by atoms with E-state index < -0.39 is 11.5 Å². The van der Waals surface area contributed by atoms with Gasteiger partial charge in [-0.25, -0.2) is 9.28 Å². The van der Waals surface area contributed by atoms with Gasteiger partial charge in [0.2, 0.25) is 5.91 Å². The summed E-state index contributed by atoms with van der Waals surface area (Å²) in [5.41, 5.74) is 1.83. The number of rotatable bonds is 9. The van der Waals surface area contributed by atoms with Crippen LogP contribution in [0.3, 0.4) is 0 Å². The number of nitrogens with zero attached hydrogens (tertiary/aromatic N) is 3. The minimum absolute atomic E-state index is 0.0368. The number of benzene rings is 1. The minimum Gasteiger partial charge on any atom is -0.381 e. The molecule has 3 saturated carbocycles. The number of likely N-dealkylation sites (N-methyl/N-ethyl adjacent to an activating group) is 1. The summed E-state index contributed by atoms with van der Waals surface area (Å²) in [7, 11) is 3.79. The quantitative estimate of drug-likeness (QED) is 0.385. The van der Waals surface area contributed by atoms with Gasteiger partial charge in [-0.2, -0.15) is 5.10 Å². The second-order valence-electron chi connectivity index (χ2n) is 16.1. The van der Waals surface area contributed by atoms with E-state index in [1.165, 1.54) is 12.8 Å². The van der Waals surface area contributed by atoms with Gasteiger partial charge in [0.05, 0.1) is 12.5 Å². The number of aromatic nitrogens is 2. The molecule has 0 bridgehead atoms. The lowest BCUT2D eigenvalue weighted by atomic mass is 9.64. The molecule has 248 valence electrons. The third-order valence-electron chi connectivity index (χ3n) is 13.4. The van der Waals surface area contributed by atoms with E-state index in [9.17, 15) is 14.4 Å². The van der Waals surface area contributed by atoms with E-state index >= 15 is 0 Å². The molecule has 6 atom stereocenters. The number of carbonyl (C=O) groups excluding carboxylic acids is 3. The average molecular weight is 631 g/mol. The Morgan fingerprint density at radius 1 is 1.07 bits per heavy atom. The van der Waals surface area contributed by atoms with Crippen molar-refractivity contribution < 1.29 is 19.1 Å². The number of hydrogen-bond acceptors (Lipinski definition) is 5. The summed E-state index contributed by atoms with van der Waals surface area (Å²) in [6.45, 7) is 8.74. The number of quaternary nitrogens is 1. The lowest BCUT2D eigenvalue weighted by Crippen LogP contribution is -2.69. The maximum atomic E-state index is 14.8. The molecular formula is C37H52N5O4+. The lowest BCUT2D eigenvalue weighted by Gasteiger charge is -2.49. The first-order valence-electron chi connectivity index (χ1n) is 17.6. The van der Waals surface area contributed by atoms with Crippen molar-refractivity contribution in [3.8, 4) is 0 Å². The fraction of sp³-hybridized carbons (Fsp3) is 0.676. The highest BCUT2D eigenvalue weighted by Gasteiger charge is 2.75.